The van der Waals surface area contributed by atoms with E-state index in [2.05, 4.69) is 21.2 Å². The summed E-state index contributed by atoms with van der Waals surface area (Å²) >= 11 is 3.50. The van der Waals surface area contributed by atoms with Gasteiger partial charge in [0, 0.05) is 10.9 Å². The van der Waals surface area contributed by atoms with Crippen LogP contribution in [0.25, 0.3) is 0 Å². The molecule has 0 heterocycles. The van der Waals surface area contributed by atoms with Gasteiger partial charge in [-0.1, -0.05) is 40.9 Å². The Morgan fingerprint density at radius 1 is 1.39 bits per heavy atom. The minimum absolute atomic E-state index is 0.0296. The molecule has 18 heavy (non-hydrogen) atoms. The minimum atomic E-state index is -0.0616. The molecule has 0 radical (unpaired) electrons. The van der Waals surface area contributed by atoms with Crippen LogP contribution in [0.2, 0.25) is 0 Å². The molecular weight excluding hydrogens is 294 g/mol. The summed E-state index contributed by atoms with van der Waals surface area (Å²) in [5, 5.41) is 13.3. The zero-order chi connectivity index (χ0) is 13.0. The molecule has 0 bridgehead atoms. The number of phenolic OH excluding ortho intramolecular Hbond substituents is 1. The van der Waals surface area contributed by atoms with Gasteiger partial charge in [0.05, 0.1) is 6.42 Å². The van der Waals surface area contributed by atoms with E-state index in [-0.39, 0.29) is 17.2 Å². The van der Waals surface area contributed by atoms with Gasteiger partial charge in [-0.15, -0.1) is 0 Å². The maximum Gasteiger partial charge on any atom is 0.224 e. The Balaban J connectivity index is 1.96. The molecule has 98 valence electrons. The number of nitrogens with one attached hydrogen (secondary N) is 1. The molecule has 1 aromatic rings. The Labute approximate surface area is 116 Å². The number of benzene rings is 1. The van der Waals surface area contributed by atoms with Gasteiger partial charge in [-0.25, -0.2) is 0 Å². The summed E-state index contributed by atoms with van der Waals surface area (Å²) in [5.41, 5.74) is 0.781. The topological polar surface area (TPSA) is 49.3 Å². The Hall–Kier alpha value is -1.03. The Kier molecular flexibility index (Phi) is 4.27. The number of hydrogen-bond donors (Lipinski definition) is 2. The lowest BCUT2D eigenvalue weighted by Crippen LogP contribution is -2.48. The van der Waals surface area contributed by atoms with Crippen molar-refractivity contribution in [3.8, 4) is 5.75 Å². The van der Waals surface area contributed by atoms with Crippen molar-refractivity contribution >= 4 is 21.8 Å². The third kappa shape index (κ3) is 3.25. The highest BCUT2D eigenvalue weighted by molar-refractivity contribution is 9.09. The fourth-order valence-electron chi connectivity index (χ4n) is 2.54. The lowest BCUT2D eigenvalue weighted by molar-refractivity contribution is -0.122. The zero-order valence-electron chi connectivity index (χ0n) is 10.3. The normalized spacial score (nSPS) is 17.6. The third-order valence-corrected chi connectivity index (χ3v) is 4.57. The number of phenols is 1. The molecule has 4 heteroatoms. The second-order valence-electron chi connectivity index (χ2n) is 5.02. The van der Waals surface area contributed by atoms with Crippen LogP contribution < -0.4 is 5.32 Å². The SMILES string of the molecule is O=C(Cc1cccc(O)c1)NC1(CBr)CCCC1. The fourth-order valence-corrected chi connectivity index (χ4v) is 3.24. The van der Waals surface area contributed by atoms with Crippen LogP contribution in [0.4, 0.5) is 0 Å². The quantitative estimate of drug-likeness (QED) is 0.840. The van der Waals surface area contributed by atoms with Crippen molar-refractivity contribution in [2.24, 2.45) is 0 Å². The first-order chi connectivity index (χ1) is 8.63. The van der Waals surface area contributed by atoms with E-state index in [1.807, 2.05) is 6.07 Å². The molecule has 1 aromatic carbocycles. The summed E-state index contributed by atoms with van der Waals surface area (Å²) in [7, 11) is 0. The highest BCUT2D eigenvalue weighted by Gasteiger charge is 2.33. The summed E-state index contributed by atoms with van der Waals surface area (Å²) in [6, 6.07) is 6.86. The smallest absolute Gasteiger partial charge is 0.224 e. The highest BCUT2D eigenvalue weighted by Crippen LogP contribution is 2.31. The summed E-state index contributed by atoms with van der Waals surface area (Å²) in [5.74, 6) is 0.235. The Morgan fingerprint density at radius 2 is 2.11 bits per heavy atom. The summed E-state index contributed by atoms with van der Waals surface area (Å²) in [6.45, 7) is 0. The van der Waals surface area contributed by atoms with E-state index in [1.54, 1.807) is 18.2 Å². The maximum absolute atomic E-state index is 12.0. The molecule has 0 saturated heterocycles. The van der Waals surface area contributed by atoms with Crippen LogP contribution in [0.1, 0.15) is 31.2 Å². The average molecular weight is 312 g/mol. The molecule has 1 aliphatic rings. The van der Waals surface area contributed by atoms with Crippen LogP contribution in [0.5, 0.6) is 5.75 Å². The van der Waals surface area contributed by atoms with Gasteiger partial charge in [0.25, 0.3) is 0 Å². The van der Waals surface area contributed by atoms with Gasteiger partial charge in [0.2, 0.25) is 5.91 Å². The van der Waals surface area contributed by atoms with Crippen LogP contribution >= 0.6 is 15.9 Å². The molecule has 2 rings (SSSR count). The predicted molar refractivity (Wildman–Crippen MR) is 74.9 cm³/mol. The molecule has 0 atom stereocenters. The molecule has 0 unspecified atom stereocenters. The van der Waals surface area contributed by atoms with Crippen molar-refractivity contribution in [3.05, 3.63) is 29.8 Å². The number of carbonyl (C=O) groups is 1. The van der Waals surface area contributed by atoms with Crippen molar-refractivity contribution in [1.29, 1.82) is 0 Å². The number of aromatic hydroxyl groups is 1. The molecular formula is C14H18BrNO2. The van der Waals surface area contributed by atoms with Crippen LogP contribution in [-0.2, 0) is 11.2 Å². The van der Waals surface area contributed by atoms with Crippen LogP contribution in [0.3, 0.4) is 0 Å². The average Bonchev–Trinajstić information content (AvgIpc) is 2.78. The monoisotopic (exact) mass is 311 g/mol. The van der Waals surface area contributed by atoms with Gasteiger partial charge in [0.1, 0.15) is 5.75 Å². The van der Waals surface area contributed by atoms with Crippen molar-refractivity contribution in [2.75, 3.05) is 5.33 Å². The molecule has 1 aliphatic carbocycles. The van der Waals surface area contributed by atoms with E-state index >= 15 is 0 Å². The van der Waals surface area contributed by atoms with E-state index in [9.17, 15) is 9.90 Å². The lowest BCUT2D eigenvalue weighted by Gasteiger charge is -2.28. The van der Waals surface area contributed by atoms with Crippen molar-refractivity contribution in [1.82, 2.24) is 5.32 Å². The second-order valence-corrected chi connectivity index (χ2v) is 5.58. The number of alkyl halides is 1. The van der Waals surface area contributed by atoms with Gasteiger partial charge in [-0.2, -0.15) is 0 Å². The van der Waals surface area contributed by atoms with Crippen LogP contribution in [-0.4, -0.2) is 21.9 Å². The summed E-state index contributed by atoms with van der Waals surface area (Å²) < 4.78 is 0. The molecule has 1 saturated carbocycles. The number of hydrogen-bond acceptors (Lipinski definition) is 2. The van der Waals surface area contributed by atoms with E-state index < -0.39 is 0 Å². The van der Waals surface area contributed by atoms with Crippen molar-refractivity contribution in [2.45, 2.75) is 37.6 Å². The Morgan fingerprint density at radius 3 is 2.72 bits per heavy atom. The second kappa shape index (κ2) is 5.74. The number of amides is 1. The van der Waals surface area contributed by atoms with E-state index in [0.29, 0.717) is 6.42 Å². The van der Waals surface area contributed by atoms with Crippen molar-refractivity contribution in [3.63, 3.8) is 0 Å². The highest BCUT2D eigenvalue weighted by atomic mass is 79.9. The standard InChI is InChI=1S/C14H18BrNO2/c15-10-14(6-1-2-7-14)16-13(18)9-11-4-3-5-12(17)8-11/h3-5,8,17H,1-2,6-7,9-10H2,(H,16,18). The van der Waals surface area contributed by atoms with Gasteiger partial charge >= 0.3 is 0 Å². The van der Waals surface area contributed by atoms with E-state index in [4.69, 9.17) is 0 Å². The summed E-state index contributed by atoms with van der Waals surface area (Å²) in [6.07, 6.45) is 4.77. The van der Waals surface area contributed by atoms with E-state index in [1.165, 1.54) is 12.8 Å². The number of rotatable bonds is 4. The molecule has 0 aromatic heterocycles. The van der Waals surface area contributed by atoms with Crippen LogP contribution in [0, 0.1) is 0 Å². The molecule has 0 spiro atoms. The molecule has 1 amide bonds. The first kappa shape index (κ1) is 13.4. The molecule has 2 N–H and O–H groups in total. The predicted octanol–water partition coefficient (Wildman–Crippen LogP) is 2.76. The number of carbonyl (C=O) groups excluding carboxylic acids is 1. The van der Waals surface area contributed by atoms with Gasteiger partial charge in [-0.3, -0.25) is 4.79 Å². The van der Waals surface area contributed by atoms with E-state index in [0.717, 1.165) is 23.7 Å². The van der Waals surface area contributed by atoms with Gasteiger partial charge in [-0.05, 0) is 30.5 Å². The zero-order valence-corrected chi connectivity index (χ0v) is 11.9. The van der Waals surface area contributed by atoms with Gasteiger partial charge < -0.3 is 10.4 Å². The third-order valence-electron chi connectivity index (χ3n) is 3.50. The van der Waals surface area contributed by atoms with Crippen LogP contribution in [0.15, 0.2) is 24.3 Å². The minimum Gasteiger partial charge on any atom is -0.508 e. The first-order valence-corrected chi connectivity index (χ1v) is 7.41. The fraction of sp³-hybridized carbons (Fsp3) is 0.500. The molecule has 0 aliphatic heterocycles. The summed E-state index contributed by atoms with van der Waals surface area (Å²) in [4.78, 5) is 12.0. The largest absolute Gasteiger partial charge is 0.508 e. The molecule has 1 fully saturated rings. The first-order valence-electron chi connectivity index (χ1n) is 6.28. The molecule has 3 nitrogen and oxygen atoms in total. The van der Waals surface area contributed by atoms with Crippen molar-refractivity contribution < 1.29 is 9.90 Å². The Bertz CT molecular complexity index is 428. The number of halogens is 1. The lowest BCUT2D eigenvalue weighted by atomic mass is 10.00. The van der Waals surface area contributed by atoms with Gasteiger partial charge in [0.15, 0.2) is 0 Å². The maximum atomic E-state index is 12.0.